The van der Waals surface area contributed by atoms with Gasteiger partial charge in [0.05, 0.1) is 24.9 Å². The summed E-state index contributed by atoms with van der Waals surface area (Å²) in [5.74, 6) is -1.69. The number of benzene rings is 1. The summed E-state index contributed by atoms with van der Waals surface area (Å²) in [6, 6.07) is 5.96. The van der Waals surface area contributed by atoms with Crippen molar-refractivity contribution >= 4 is 19.0 Å². The number of carbonyl (C=O) groups excluding carboxylic acids is 1. The molecule has 0 aromatic heterocycles. The Bertz CT molecular complexity index is 658. The van der Waals surface area contributed by atoms with E-state index >= 15 is 0 Å². The average Bonchev–Trinajstić information content (AvgIpc) is 2.59. The van der Waals surface area contributed by atoms with Crippen LogP contribution in [0.25, 0.3) is 0 Å². The molecule has 0 saturated carbocycles. The molecule has 9 heteroatoms. The van der Waals surface area contributed by atoms with Crippen molar-refractivity contribution in [2.45, 2.75) is 50.8 Å². The van der Waals surface area contributed by atoms with Gasteiger partial charge in [0.25, 0.3) is 0 Å². The first-order valence-electron chi connectivity index (χ1n) is 9.17. The minimum atomic E-state index is -1.19. The van der Waals surface area contributed by atoms with E-state index in [-0.39, 0.29) is 18.7 Å². The third-order valence-electron chi connectivity index (χ3n) is 4.59. The van der Waals surface area contributed by atoms with Gasteiger partial charge in [-0.1, -0.05) is 18.2 Å². The quantitative estimate of drug-likeness (QED) is 0.379. The zero-order valence-electron chi connectivity index (χ0n) is 15.8. The second-order valence-corrected chi connectivity index (χ2v) is 6.84. The number of rotatable bonds is 9. The zero-order chi connectivity index (χ0) is 19.8. The highest BCUT2D eigenvalue weighted by Crippen LogP contribution is 2.19. The first-order chi connectivity index (χ1) is 12.9. The maximum atomic E-state index is 12.4. The molecule has 1 aliphatic heterocycles. The van der Waals surface area contributed by atoms with E-state index in [9.17, 15) is 14.6 Å². The molecule has 1 heterocycles. The Morgan fingerprint density at radius 1 is 1.19 bits per heavy atom. The maximum absolute atomic E-state index is 12.4. The lowest BCUT2D eigenvalue weighted by atomic mass is 9.72. The van der Waals surface area contributed by atoms with E-state index in [1.54, 1.807) is 0 Å². The molecule has 2 atom stereocenters. The Kier molecular flexibility index (Phi) is 8.24. The molecular formula is C18H28BN3O5. The van der Waals surface area contributed by atoms with Crippen LogP contribution in [-0.4, -0.2) is 55.3 Å². The molecule has 1 saturated heterocycles. The van der Waals surface area contributed by atoms with Gasteiger partial charge in [0.1, 0.15) is 0 Å². The van der Waals surface area contributed by atoms with Crippen molar-refractivity contribution in [1.82, 2.24) is 16.0 Å². The van der Waals surface area contributed by atoms with Gasteiger partial charge in [-0.05, 0) is 43.6 Å². The second-order valence-electron chi connectivity index (χ2n) is 6.84. The smallest absolute Gasteiger partial charge is 0.478 e. The summed E-state index contributed by atoms with van der Waals surface area (Å²) in [4.78, 5) is 23.1. The van der Waals surface area contributed by atoms with Crippen LogP contribution in [0.4, 0.5) is 0 Å². The van der Waals surface area contributed by atoms with Crippen molar-refractivity contribution in [2.24, 2.45) is 0 Å². The molecule has 1 amide bonds. The lowest BCUT2D eigenvalue weighted by Gasteiger charge is -2.30. The van der Waals surface area contributed by atoms with Gasteiger partial charge in [-0.25, -0.2) is 0 Å². The minimum Gasteiger partial charge on any atom is -0.481 e. The van der Waals surface area contributed by atoms with Crippen LogP contribution in [-0.2, 0) is 33.8 Å². The SMILES string of the molecule is CNCc1ccc(CC(=O)N[C@H]2CC[C@@H](CC(=O)O)OB2O)cc1CNC. The summed E-state index contributed by atoms with van der Waals surface area (Å²) in [6.45, 7) is 1.47. The van der Waals surface area contributed by atoms with E-state index in [0.29, 0.717) is 19.4 Å². The molecule has 0 spiro atoms. The summed E-state index contributed by atoms with van der Waals surface area (Å²) >= 11 is 0. The highest BCUT2D eigenvalue weighted by molar-refractivity contribution is 6.45. The van der Waals surface area contributed by atoms with Gasteiger partial charge in [0.2, 0.25) is 5.91 Å². The standard InChI is InChI=1S/C18H28BN3O5/c1-20-10-13-4-3-12(7-14(13)11-21-2)8-17(23)22-16-6-5-15(9-18(24)25)27-19(16)26/h3-4,7,15-16,20-21,26H,5-6,8-11H2,1-2H3,(H,22,23)(H,24,25)/t15-,16-/m0/s1. The third-order valence-corrected chi connectivity index (χ3v) is 4.59. The van der Waals surface area contributed by atoms with Crippen LogP contribution in [0.5, 0.6) is 0 Å². The maximum Gasteiger partial charge on any atom is 0.478 e. The first-order valence-corrected chi connectivity index (χ1v) is 9.17. The largest absolute Gasteiger partial charge is 0.481 e. The Labute approximate surface area is 159 Å². The van der Waals surface area contributed by atoms with Crippen LogP contribution >= 0.6 is 0 Å². The van der Waals surface area contributed by atoms with Crippen molar-refractivity contribution in [3.8, 4) is 0 Å². The topological polar surface area (TPSA) is 120 Å². The van der Waals surface area contributed by atoms with Crippen LogP contribution in [0.1, 0.15) is 36.0 Å². The first kappa shape index (κ1) is 21.4. The number of carboxylic acids is 1. The second kappa shape index (κ2) is 10.4. The molecule has 1 aromatic carbocycles. The molecule has 1 aliphatic rings. The van der Waals surface area contributed by atoms with Crippen LogP contribution < -0.4 is 16.0 Å². The van der Waals surface area contributed by atoms with Gasteiger partial charge >= 0.3 is 13.1 Å². The van der Waals surface area contributed by atoms with Crippen molar-refractivity contribution < 1.29 is 24.4 Å². The van der Waals surface area contributed by atoms with Crippen molar-refractivity contribution in [1.29, 1.82) is 0 Å². The van der Waals surface area contributed by atoms with Crippen LogP contribution in [0, 0.1) is 0 Å². The van der Waals surface area contributed by atoms with E-state index in [4.69, 9.17) is 9.76 Å². The molecule has 27 heavy (non-hydrogen) atoms. The van der Waals surface area contributed by atoms with Crippen molar-refractivity contribution in [2.75, 3.05) is 14.1 Å². The van der Waals surface area contributed by atoms with Gasteiger partial charge in [-0.2, -0.15) is 0 Å². The lowest BCUT2D eigenvalue weighted by molar-refractivity contribution is -0.139. The van der Waals surface area contributed by atoms with Crippen LogP contribution in [0.3, 0.4) is 0 Å². The Balaban J connectivity index is 1.92. The number of amides is 1. The molecule has 1 fully saturated rings. The van der Waals surface area contributed by atoms with Gasteiger partial charge in [-0.15, -0.1) is 0 Å². The molecule has 0 bridgehead atoms. The summed E-state index contributed by atoms with van der Waals surface area (Å²) in [5, 5.41) is 27.9. The van der Waals surface area contributed by atoms with Gasteiger partial charge in [0, 0.05) is 13.1 Å². The minimum absolute atomic E-state index is 0.148. The van der Waals surface area contributed by atoms with E-state index in [1.165, 1.54) is 5.56 Å². The number of hydrogen-bond donors (Lipinski definition) is 5. The van der Waals surface area contributed by atoms with E-state index in [0.717, 1.165) is 17.7 Å². The molecule has 0 aliphatic carbocycles. The summed E-state index contributed by atoms with van der Waals surface area (Å²) in [5.41, 5.74) is 3.21. The Hall–Kier alpha value is -1.94. The molecular weight excluding hydrogens is 349 g/mol. The molecule has 0 radical (unpaired) electrons. The number of carbonyl (C=O) groups is 2. The number of nitrogens with one attached hydrogen (secondary N) is 3. The molecule has 5 N–H and O–H groups in total. The molecule has 8 nitrogen and oxygen atoms in total. The molecule has 148 valence electrons. The van der Waals surface area contributed by atoms with E-state index in [2.05, 4.69) is 16.0 Å². The monoisotopic (exact) mass is 377 g/mol. The van der Waals surface area contributed by atoms with Gasteiger partial charge in [0.15, 0.2) is 0 Å². The summed E-state index contributed by atoms with van der Waals surface area (Å²) < 4.78 is 5.30. The third kappa shape index (κ3) is 6.62. The highest BCUT2D eigenvalue weighted by atomic mass is 16.5. The normalized spacial score (nSPS) is 19.7. The predicted molar refractivity (Wildman–Crippen MR) is 102 cm³/mol. The lowest BCUT2D eigenvalue weighted by Crippen LogP contribution is -2.53. The molecule has 0 unspecified atom stereocenters. The Morgan fingerprint density at radius 2 is 1.89 bits per heavy atom. The van der Waals surface area contributed by atoms with Gasteiger partial charge in [-0.3, -0.25) is 9.59 Å². The highest BCUT2D eigenvalue weighted by Gasteiger charge is 2.36. The predicted octanol–water partition coefficient (Wildman–Crippen LogP) is -0.174. The molecule has 1 aromatic rings. The Morgan fingerprint density at radius 3 is 2.52 bits per heavy atom. The number of aliphatic carboxylic acids is 1. The van der Waals surface area contributed by atoms with Crippen molar-refractivity contribution in [3.05, 3.63) is 34.9 Å². The van der Waals surface area contributed by atoms with Gasteiger partial charge < -0.3 is 30.7 Å². The average molecular weight is 377 g/mol. The number of hydrogen-bond acceptors (Lipinski definition) is 6. The van der Waals surface area contributed by atoms with Crippen LogP contribution in [0.2, 0.25) is 0 Å². The fraction of sp³-hybridized carbons (Fsp3) is 0.556. The van der Waals surface area contributed by atoms with Crippen molar-refractivity contribution in [3.63, 3.8) is 0 Å². The number of carboxylic acid groups (broad SMARTS) is 1. The van der Waals surface area contributed by atoms with Crippen LogP contribution in [0.15, 0.2) is 18.2 Å². The van der Waals surface area contributed by atoms with E-state index < -0.39 is 25.1 Å². The zero-order valence-corrected chi connectivity index (χ0v) is 15.8. The molecule has 2 rings (SSSR count). The fourth-order valence-electron chi connectivity index (χ4n) is 3.31. The van der Waals surface area contributed by atoms with E-state index in [1.807, 2.05) is 32.3 Å². The summed E-state index contributed by atoms with van der Waals surface area (Å²) in [6.07, 6.45) is 0.508. The fourth-order valence-corrected chi connectivity index (χ4v) is 3.31. The summed E-state index contributed by atoms with van der Waals surface area (Å²) in [7, 11) is 2.58.